The van der Waals surface area contributed by atoms with Gasteiger partial charge in [-0.1, -0.05) is 53.2 Å². The summed E-state index contributed by atoms with van der Waals surface area (Å²) in [5.74, 6) is 0.583. The lowest BCUT2D eigenvalue weighted by Crippen LogP contribution is -2.02. The molecule has 0 nitrogen and oxygen atoms in total. The summed E-state index contributed by atoms with van der Waals surface area (Å²) in [5, 5.41) is 1.02. The van der Waals surface area contributed by atoms with Crippen LogP contribution >= 0.6 is 27.3 Å². The van der Waals surface area contributed by atoms with Crippen molar-refractivity contribution in [3.63, 3.8) is 0 Å². The molecule has 1 aromatic heterocycles. The molecule has 0 bridgehead atoms. The van der Waals surface area contributed by atoms with E-state index >= 15 is 0 Å². The van der Waals surface area contributed by atoms with Crippen LogP contribution in [-0.4, -0.2) is 5.33 Å². The highest BCUT2D eigenvalue weighted by atomic mass is 79.9. The Labute approximate surface area is 116 Å². The summed E-state index contributed by atoms with van der Waals surface area (Å²) in [4.78, 5) is 2.98. The van der Waals surface area contributed by atoms with Gasteiger partial charge >= 0.3 is 0 Å². The molecule has 0 aliphatic heterocycles. The van der Waals surface area contributed by atoms with Crippen LogP contribution in [0, 0.1) is 0 Å². The molecule has 0 saturated carbocycles. The third-order valence-electron chi connectivity index (χ3n) is 2.97. The number of thiophene rings is 1. The highest BCUT2D eigenvalue weighted by Gasteiger charge is 2.11. The van der Waals surface area contributed by atoms with Crippen molar-refractivity contribution in [3.05, 3.63) is 57.8 Å². The third kappa shape index (κ3) is 3.43. The standard InChI is InChI=1S/C15H17BrS/c1-2-14-8-9-15(17-14)10-13(11-16)12-6-4-3-5-7-12/h3-9,13H,2,10-11H2,1H3. The van der Waals surface area contributed by atoms with E-state index in [-0.39, 0.29) is 0 Å². The van der Waals surface area contributed by atoms with E-state index in [2.05, 4.69) is 65.3 Å². The van der Waals surface area contributed by atoms with Crippen LogP contribution in [0.4, 0.5) is 0 Å². The quantitative estimate of drug-likeness (QED) is 0.679. The second kappa shape index (κ2) is 6.36. The minimum Gasteiger partial charge on any atom is -0.145 e. The predicted molar refractivity (Wildman–Crippen MR) is 80.4 cm³/mol. The van der Waals surface area contributed by atoms with Crippen LogP contribution in [-0.2, 0) is 12.8 Å². The Morgan fingerprint density at radius 1 is 1.06 bits per heavy atom. The normalized spacial score (nSPS) is 12.6. The van der Waals surface area contributed by atoms with E-state index < -0.39 is 0 Å². The average molecular weight is 309 g/mol. The minimum atomic E-state index is 0.583. The number of rotatable bonds is 5. The molecule has 2 rings (SSSR count). The van der Waals surface area contributed by atoms with E-state index in [1.807, 2.05) is 11.3 Å². The van der Waals surface area contributed by atoms with Gasteiger partial charge in [-0.05, 0) is 36.5 Å². The Kier molecular flexibility index (Phi) is 4.81. The lowest BCUT2D eigenvalue weighted by atomic mass is 9.97. The molecule has 17 heavy (non-hydrogen) atoms. The van der Waals surface area contributed by atoms with Gasteiger partial charge in [0.1, 0.15) is 0 Å². The zero-order valence-corrected chi connectivity index (χ0v) is 12.4. The number of benzene rings is 1. The van der Waals surface area contributed by atoms with Crippen LogP contribution in [0.15, 0.2) is 42.5 Å². The first-order chi connectivity index (χ1) is 8.33. The van der Waals surface area contributed by atoms with Crippen molar-refractivity contribution < 1.29 is 0 Å². The van der Waals surface area contributed by atoms with Crippen molar-refractivity contribution in [3.8, 4) is 0 Å². The smallest absolute Gasteiger partial charge is 0.0104 e. The topological polar surface area (TPSA) is 0 Å². The van der Waals surface area contributed by atoms with Crippen LogP contribution < -0.4 is 0 Å². The van der Waals surface area contributed by atoms with Gasteiger partial charge in [0.25, 0.3) is 0 Å². The monoisotopic (exact) mass is 308 g/mol. The Morgan fingerprint density at radius 3 is 2.35 bits per heavy atom. The van der Waals surface area contributed by atoms with Crippen LogP contribution in [0.1, 0.15) is 28.2 Å². The first-order valence-corrected chi connectivity index (χ1v) is 7.95. The van der Waals surface area contributed by atoms with E-state index in [1.165, 1.54) is 15.3 Å². The fourth-order valence-electron chi connectivity index (χ4n) is 1.95. The fraction of sp³-hybridized carbons (Fsp3) is 0.333. The molecule has 0 aliphatic carbocycles. The Balaban J connectivity index is 2.10. The van der Waals surface area contributed by atoms with Crippen molar-refractivity contribution in [2.24, 2.45) is 0 Å². The fourth-order valence-corrected chi connectivity index (χ4v) is 3.59. The van der Waals surface area contributed by atoms with Crippen molar-refractivity contribution in [2.45, 2.75) is 25.7 Å². The molecule has 0 radical (unpaired) electrons. The van der Waals surface area contributed by atoms with Gasteiger partial charge in [0.2, 0.25) is 0 Å². The zero-order chi connectivity index (χ0) is 12.1. The molecule has 2 heteroatoms. The van der Waals surface area contributed by atoms with Gasteiger partial charge in [0, 0.05) is 15.1 Å². The third-order valence-corrected chi connectivity index (χ3v) is 5.00. The summed E-state index contributed by atoms with van der Waals surface area (Å²) < 4.78 is 0. The highest BCUT2D eigenvalue weighted by molar-refractivity contribution is 9.09. The van der Waals surface area contributed by atoms with Gasteiger partial charge in [-0.25, -0.2) is 0 Å². The van der Waals surface area contributed by atoms with Gasteiger partial charge in [0.15, 0.2) is 0 Å². The van der Waals surface area contributed by atoms with Crippen molar-refractivity contribution in [2.75, 3.05) is 5.33 Å². The second-order valence-corrected chi connectivity index (χ2v) is 6.09. The summed E-state index contributed by atoms with van der Waals surface area (Å²) in [6.45, 7) is 2.22. The minimum absolute atomic E-state index is 0.583. The van der Waals surface area contributed by atoms with E-state index in [0.717, 1.165) is 18.2 Å². The molecular formula is C15H17BrS. The molecule has 1 aromatic carbocycles. The van der Waals surface area contributed by atoms with Gasteiger partial charge in [-0.3, -0.25) is 0 Å². The Bertz CT molecular complexity index is 447. The number of alkyl halides is 1. The molecule has 1 atom stereocenters. The van der Waals surface area contributed by atoms with E-state index in [0.29, 0.717) is 5.92 Å². The summed E-state index contributed by atoms with van der Waals surface area (Å²) in [6.07, 6.45) is 2.29. The number of hydrogen-bond acceptors (Lipinski definition) is 1. The largest absolute Gasteiger partial charge is 0.145 e. The SMILES string of the molecule is CCc1ccc(CC(CBr)c2ccccc2)s1. The first kappa shape index (κ1) is 12.8. The molecule has 0 fully saturated rings. The van der Waals surface area contributed by atoms with Gasteiger partial charge in [-0.2, -0.15) is 0 Å². The summed E-state index contributed by atoms with van der Waals surface area (Å²) in [5.41, 5.74) is 1.43. The molecule has 2 aromatic rings. The summed E-state index contributed by atoms with van der Waals surface area (Å²) >= 11 is 5.59. The lowest BCUT2D eigenvalue weighted by molar-refractivity contribution is 0.786. The molecule has 1 unspecified atom stereocenters. The Morgan fingerprint density at radius 2 is 1.76 bits per heavy atom. The molecule has 0 N–H and O–H groups in total. The van der Waals surface area contributed by atoms with E-state index in [4.69, 9.17) is 0 Å². The van der Waals surface area contributed by atoms with Gasteiger partial charge < -0.3 is 0 Å². The van der Waals surface area contributed by atoms with Crippen molar-refractivity contribution in [1.29, 1.82) is 0 Å². The van der Waals surface area contributed by atoms with Crippen LogP contribution in [0.2, 0.25) is 0 Å². The van der Waals surface area contributed by atoms with Gasteiger partial charge in [0.05, 0.1) is 0 Å². The second-order valence-electron chi connectivity index (χ2n) is 4.19. The van der Waals surface area contributed by atoms with Gasteiger partial charge in [-0.15, -0.1) is 11.3 Å². The molecule has 1 heterocycles. The van der Waals surface area contributed by atoms with Crippen LogP contribution in [0.25, 0.3) is 0 Å². The molecule has 0 aliphatic rings. The van der Waals surface area contributed by atoms with Crippen molar-refractivity contribution >= 4 is 27.3 Å². The van der Waals surface area contributed by atoms with Crippen molar-refractivity contribution in [1.82, 2.24) is 0 Å². The first-order valence-electron chi connectivity index (χ1n) is 6.02. The predicted octanol–water partition coefficient (Wildman–Crippen LogP) is 5.03. The summed E-state index contributed by atoms with van der Waals surface area (Å²) in [7, 11) is 0. The van der Waals surface area contributed by atoms with E-state index in [9.17, 15) is 0 Å². The molecule has 0 saturated heterocycles. The molecule has 0 amide bonds. The Hall–Kier alpha value is -0.600. The zero-order valence-electron chi connectivity index (χ0n) is 10.0. The van der Waals surface area contributed by atoms with Crippen LogP contribution in [0.3, 0.4) is 0 Å². The number of hydrogen-bond donors (Lipinski definition) is 0. The highest BCUT2D eigenvalue weighted by Crippen LogP contribution is 2.27. The number of halogens is 1. The van der Waals surface area contributed by atoms with Crippen LogP contribution in [0.5, 0.6) is 0 Å². The maximum atomic E-state index is 3.64. The molecular weight excluding hydrogens is 292 g/mol. The lowest BCUT2D eigenvalue weighted by Gasteiger charge is -2.13. The maximum Gasteiger partial charge on any atom is 0.0104 e. The maximum absolute atomic E-state index is 3.64. The molecule has 90 valence electrons. The van der Waals surface area contributed by atoms with E-state index in [1.54, 1.807) is 0 Å². The average Bonchev–Trinajstić information content (AvgIpc) is 2.84. The summed E-state index contributed by atoms with van der Waals surface area (Å²) in [6, 6.07) is 15.3. The number of aryl methyl sites for hydroxylation is 1. The molecule has 0 spiro atoms.